The fraction of sp³-hybridized carbons (Fsp3) is 0.200. The molecule has 0 radical (unpaired) electrons. The molecule has 0 aromatic heterocycles. The topological polar surface area (TPSA) is 46.4 Å². The molecular formula is C25H23NO3. The molecular weight excluding hydrogens is 362 g/mol. The smallest absolute Gasteiger partial charge is 0.325 e. The second kappa shape index (κ2) is 8.41. The zero-order chi connectivity index (χ0) is 20.2. The van der Waals surface area contributed by atoms with E-state index >= 15 is 0 Å². The van der Waals surface area contributed by atoms with Crippen LogP contribution >= 0.6 is 0 Å². The van der Waals surface area contributed by atoms with Crippen LogP contribution in [0.2, 0.25) is 0 Å². The molecule has 4 heteroatoms. The van der Waals surface area contributed by atoms with Gasteiger partial charge in [-0.05, 0) is 18.1 Å². The van der Waals surface area contributed by atoms with Gasteiger partial charge in [0, 0.05) is 5.56 Å². The van der Waals surface area contributed by atoms with E-state index in [0.29, 0.717) is 5.56 Å². The van der Waals surface area contributed by atoms with E-state index in [1.54, 1.807) is 19.1 Å². The number of carbonyl (C=O) groups excluding carboxylic acids is 2. The number of benzene rings is 3. The average Bonchev–Trinajstić information content (AvgIpc) is 3.51. The molecule has 0 amide bonds. The van der Waals surface area contributed by atoms with Crippen LogP contribution in [0, 0.1) is 0 Å². The van der Waals surface area contributed by atoms with Crippen molar-refractivity contribution in [1.82, 2.24) is 4.90 Å². The third-order valence-electron chi connectivity index (χ3n) is 5.24. The minimum Gasteiger partial charge on any atom is -0.465 e. The van der Waals surface area contributed by atoms with Crippen LogP contribution < -0.4 is 0 Å². The molecule has 1 saturated heterocycles. The Hall–Kier alpha value is -3.24. The molecule has 1 aliphatic heterocycles. The lowest BCUT2D eigenvalue weighted by atomic mass is 9.98. The summed E-state index contributed by atoms with van der Waals surface area (Å²) in [5.74, 6) is -0.404. The van der Waals surface area contributed by atoms with Crippen LogP contribution in [0.15, 0.2) is 91.0 Å². The first kappa shape index (κ1) is 19.1. The monoisotopic (exact) mass is 385 g/mol. The van der Waals surface area contributed by atoms with Crippen LogP contribution in [-0.2, 0) is 9.53 Å². The third kappa shape index (κ3) is 3.84. The Morgan fingerprint density at radius 2 is 1.28 bits per heavy atom. The van der Waals surface area contributed by atoms with Crippen molar-refractivity contribution in [2.45, 2.75) is 25.0 Å². The van der Waals surface area contributed by atoms with Gasteiger partial charge in [0.15, 0.2) is 5.78 Å². The maximum atomic E-state index is 13.3. The van der Waals surface area contributed by atoms with Crippen molar-refractivity contribution in [3.63, 3.8) is 0 Å². The van der Waals surface area contributed by atoms with Gasteiger partial charge in [0.1, 0.15) is 12.1 Å². The van der Waals surface area contributed by atoms with Crippen LogP contribution in [0.25, 0.3) is 0 Å². The van der Waals surface area contributed by atoms with Gasteiger partial charge in [-0.15, -0.1) is 0 Å². The lowest BCUT2D eigenvalue weighted by molar-refractivity contribution is -0.143. The average molecular weight is 385 g/mol. The number of ketones is 1. The maximum absolute atomic E-state index is 13.3. The molecule has 0 bridgehead atoms. The van der Waals surface area contributed by atoms with Crippen molar-refractivity contribution in [3.8, 4) is 0 Å². The molecule has 3 atom stereocenters. The number of nitrogens with zero attached hydrogens (tertiary/aromatic N) is 1. The summed E-state index contributed by atoms with van der Waals surface area (Å²) in [5.41, 5.74) is 2.68. The second-order valence-corrected chi connectivity index (χ2v) is 7.04. The Bertz CT molecular complexity index is 933. The van der Waals surface area contributed by atoms with Gasteiger partial charge in [-0.25, -0.2) is 0 Å². The number of carbonyl (C=O) groups is 2. The highest BCUT2D eigenvalue weighted by Crippen LogP contribution is 2.44. The largest absolute Gasteiger partial charge is 0.465 e. The fourth-order valence-electron chi connectivity index (χ4n) is 3.91. The second-order valence-electron chi connectivity index (χ2n) is 7.04. The van der Waals surface area contributed by atoms with E-state index in [2.05, 4.69) is 0 Å². The highest BCUT2D eigenvalue weighted by atomic mass is 16.5. The summed E-state index contributed by atoms with van der Waals surface area (Å²) in [4.78, 5) is 27.9. The van der Waals surface area contributed by atoms with Crippen LogP contribution in [0.1, 0.15) is 34.5 Å². The van der Waals surface area contributed by atoms with Crippen molar-refractivity contribution in [3.05, 3.63) is 108 Å². The van der Waals surface area contributed by atoms with Crippen molar-refractivity contribution < 1.29 is 14.3 Å². The summed E-state index contributed by atoms with van der Waals surface area (Å²) >= 11 is 0. The standard InChI is InChI=1S/C25H23NO3/c1-2-29-25(28)23-22(24(27)20-16-10-5-11-17-20)26(23)21(18-12-6-3-7-13-18)19-14-8-4-9-15-19/h3-17,21-23H,2H2,1H3/t22-,23+,26?/m1/s1. The molecule has 0 aliphatic carbocycles. The van der Waals surface area contributed by atoms with Gasteiger partial charge in [0.2, 0.25) is 0 Å². The predicted molar refractivity (Wildman–Crippen MR) is 112 cm³/mol. The van der Waals surface area contributed by atoms with Gasteiger partial charge in [-0.1, -0.05) is 91.0 Å². The van der Waals surface area contributed by atoms with Gasteiger partial charge in [-0.3, -0.25) is 14.5 Å². The summed E-state index contributed by atoms with van der Waals surface area (Å²) in [7, 11) is 0. The van der Waals surface area contributed by atoms with Crippen molar-refractivity contribution in [2.24, 2.45) is 0 Å². The zero-order valence-corrected chi connectivity index (χ0v) is 16.3. The molecule has 146 valence electrons. The minimum absolute atomic E-state index is 0.0551. The first-order valence-corrected chi connectivity index (χ1v) is 9.85. The molecule has 1 aliphatic rings. The Labute approximate surface area is 170 Å². The lowest BCUT2D eigenvalue weighted by Crippen LogP contribution is -2.20. The molecule has 0 spiro atoms. The van der Waals surface area contributed by atoms with Crippen LogP contribution in [-0.4, -0.2) is 35.3 Å². The first-order valence-electron chi connectivity index (χ1n) is 9.85. The summed E-state index contributed by atoms with van der Waals surface area (Å²) in [5, 5.41) is 0. The summed E-state index contributed by atoms with van der Waals surface area (Å²) in [6, 6.07) is 27.7. The normalized spacial score (nSPS) is 20.3. The van der Waals surface area contributed by atoms with E-state index in [9.17, 15) is 9.59 Å². The number of Topliss-reactive ketones (excluding diaryl/α,β-unsaturated/α-hetero) is 1. The lowest BCUT2D eigenvalue weighted by Gasteiger charge is -2.21. The van der Waals surface area contributed by atoms with Gasteiger partial charge in [-0.2, -0.15) is 0 Å². The SMILES string of the molecule is CCOC(=O)[C@@H]1[C@H](C(=O)c2ccccc2)N1C(c1ccccc1)c1ccccc1. The number of ether oxygens (including phenoxy) is 1. The van der Waals surface area contributed by atoms with Gasteiger partial charge in [0.05, 0.1) is 12.6 Å². The molecule has 4 rings (SSSR count). The summed E-state index contributed by atoms with van der Waals surface area (Å²) in [6.45, 7) is 2.07. The van der Waals surface area contributed by atoms with E-state index in [1.807, 2.05) is 83.8 Å². The van der Waals surface area contributed by atoms with Gasteiger partial charge < -0.3 is 4.74 Å². The van der Waals surface area contributed by atoms with Crippen molar-refractivity contribution >= 4 is 11.8 Å². The Balaban J connectivity index is 1.75. The van der Waals surface area contributed by atoms with E-state index in [1.165, 1.54) is 0 Å². The summed E-state index contributed by atoms with van der Waals surface area (Å²) < 4.78 is 5.30. The highest BCUT2D eigenvalue weighted by molar-refractivity contribution is 6.06. The molecule has 4 nitrogen and oxygen atoms in total. The van der Waals surface area contributed by atoms with E-state index < -0.39 is 12.1 Å². The van der Waals surface area contributed by atoms with Crippen molar-refractivity contribution in [2.75, 3.05) is 6.61 Å². The molecule has 1 heterocycles. The number of hydrogen-bond donors (Lipinski definition) is 0. The van der Waals surface area contributed by atoms with Gasteiger partial charge >= 0.3 is 5.97 Å². The quantitative estimate of drug-likeness (QED) is 0.346. The Kier molecular flexibility index (Phi) is 5.54. The van der Waals surface area contributed by atoms with E-state index in [-0.39, 0.29) is 24.4 Å². The van der Waals surface area contributed by atoms with Crippen LogP contribution in [0.3, 0.4) is 0 Å². The third-order valence-corrected chi connectivity index (χ3v) is 5.24. The molecule has 0 N–H and O–H groups in total. The zero-order valence-electron chi connectivity index (χ0n) is 16.3. The molecule has 0 saturated carbocycles. The predicted octanol–water partition coefficient (Wildman–Crippen LogP) is 4.27. The number of rotatable bonds is 7. The highest BCUT2D eigenvalue weighted by Gasteiger charge is 2.61. The summed E-state index contributed by atoms with van der Waals surface area (Å²) in [6.07, 6.45) is 0. The van der Waals surface area contributed by atoms with Crippen molar-refractivity contribution in [1.29, 1.82) is 0 Å². The molecule has 3 aromatic rings. The number of esters is 1. The fourth-order valence-corrected chi connectivity index (χ4v) is 3.91. The molecule has 1 unspecified atom stereocenters. The molecule has 29 heavy (non-hydrogen) atoms. The van der Waals surface area contributed by atoms with Crippen LogP contribution in [0.4, 0.5) is 0 Å². The number of hydrogen-bond acceptors (Lipinski definition) is 4. The minimum atomic E-state index is -0.590. The maximum Gasteiger partial charge on any atom is 0.325 e. The Morgan fingerprint density at radius 1 is 0.793 bits per heavy atom. The van der Waals surface area contributed by atoms with E-state index in [0.717, 1.165) is 11.1 Å². The Morgan fingerprint density at radius 3 is 1.76 bits per heavy atom. The molecule has 1 fully saturated rings. The van der Waals surface area contributed by atoms with Gasteiger partial charge in [0.25, 0.3) is 0 Å². The first-order chi connectivity index (χ1) is 14.2. The van der Waals surface area contributed by atoms with Crippen LogP contribution in [0.5, 0.6) is 0 Å². The van der Waals surface area contributed by atoms with E-state index in [4.69, 9.17) is 4.74 Å². The molecule has 3 aromatic carbocycles.